The Bertz CT molecular complexity index is 1690. The number of aromatic nitrogens is 1. The van der Waals surface area contributed by atoms with Gasteiger partial charge in [0.1, 0.15) is 0 Å². The van der Waals surface area contributed by atoms with E-state index in [9.17, 15) is 4.79 Å². The second kappa shape index (κ2) is 11.1. The minimum atomic E-state index is -0.154. The molecule has 39 heavy (non-hydrogen) atoms. The van der Waals surface area contributed by atoms with Crippen LogP contribution in [0.5, 0.6) is 0 Å². The predicted molar refractivity (Wildman–Crippen MR) is 166 cm³/mol. The number of aliphatic imine (C=N–C) groups is 1. The van der Waals surface area contributed by atoms with Crippen LogP contribution in [0.3, 0.4) is 0 Å². The van der Waals surface area contributed by atoms with E-state index in [0.29, 0.717) is 10.1 Å². The zero-order valence-corrected chi connectivity index (χ0v) is 23.8. The zero-order valence-electron chi connectivity index (χ0n) is 21.4. The smallest absolute Gasteiger partial charge is 0.267 e. The molecule has 2 heterocycles. The van der Waals surface area contributed by atoms with Crippen LogP contribution < -0.4 is 0 Å². The van der Waals surface area contributed by atoms with Gasteiger partial charge in [0.15, 0.2) is 5.17 Å². The highest BCUT2D eigenvalue weighted by atomic mass is 79.9. The van der Waals surface area contributed by atoms with Gasteiger partial charge >= 0.3 is 0 Å². The highest BCUT2D eigenvalue weighted by Gasteiger charge is 2.37. The monoisotopic (exact) mass is 591 g/mol. The Kier molecular flexibility index (Phi) is 7.22. The molecule has 6 rings (SSSR count). The lowest BCUT2D eigenvalue weighted by atomic mass is 10.1. The molecule has 1 aliphatic heterocycles. The maximum absolute atomic E-state index is 13.9. The largest absolute Gasteiger partial charge is 0.342 e. The quantitative estimate of drug-likeness (QED) is 0.185. The van der Waals surface area contributed by atoms with Gasteiger partial charge in [0, 0.05) is 33.7 Å². The number of thioether (sulfide) groups is 1. The maximum atomic E-state index is 13.9. The van der Waals surface area contributed by atoms with Crippen molar-refractivity contribution in [3.63, 3.8) is 0 Å². The topological polar surface area (TPSA) is 37.6 Å². The SMILES string of the molecule is C[C@H](c1ccccc1)N1C(=O)/C(=C\c2cn(Cc3ccc(Br)cc3)c3ccccc23)SC1=Nc1ccccc1. The number of halogens is 1. The van der Waals surface area contributed by atoms with Gasteiger partial charge < -0.3 is 4.57 Å². The van der Waals surface area contributed by atoms with Gasteiger partial charge in [-0.05, 0) is 66.2 Å². The first-order valence-corrected chi connectivity index (χ1v) is 14.4. The van der Waals surface area contributed by atoms with Crippen LogP contribution in [0, 0.1) is 0 Å². The Hall–Kier alpha value is -3.87. The van der Waals surface area contributed by atoms with Crippen LogP contribution in [-0.2, 0) is 11.3 Å². The normalized spacial score (nSPS) is 16.5. The molecule has 1 aliphatic rings. The molecule has 0 spiro atoms. The Morgan fingerprint density at radius 1 is 0.872 bits per heavy atom. The summed E-state index contributed by atoms with van der Waals surface area (Å²) in [6.45, 7) is 2.80. The van der Waals surface area contributed by atoms with E-state index in [4.69, 9.17) is 4.99 Å². The molecule has 5 aromatic rings. The Balaban J connectivity index is 1.40. The fourth-order valence-electron chi connectivity index (χ4n) is 4.85. The number of para-hydroxylation sites is 2. The van der Waals surface area contributed by atoms with Gasteiger partial charge in [-0.25, -0.2) is 4.99 Å². The second-order valence-corrected chi connectivity index (χ2v) is 11.4. The standard InChI is InChI=1S/C33H26BrN3OS/c1-23(25-10-4-2-5-11-25)37-32(38)31(39-33(37)35-28-12-6-3-7-13-28)20-26-22-36(30-15-9-8-14-29(26)30)21-24-16-18-27(34)19-17-24/h2-20,22-23H,21H2,1H3/b31-20+,35-33?/t23-/m1/s1. The molecule has 1 atom stereocenters. The molecule has 4 nitrogen and oxygen atoms in total. The Labute approximate surface area is 240 Å². The summed E-state index contributed by atoms with van der Waals surface area (Å²) in [6.07, 6.45) is 4.16. The number of amidine groups is 1. The van der Waals surface area contributed by atoms with Crippen molar-refractivity contribution in [3.8, 4) is 0 Å². The molecule has 0 bridgehead atoms. The van der Waals surface area contributed by atoms with Crippen LogP contribution >= 0.6 is 27.7 Å². The molecule has 192 valence electrons. The van der Waals surface area contributed by atoms with Crippen LogP contribution in [0.15, 0.2) is 130 Å². The van der Waals surface area contributed by atoms with Crippen molar-refractivity contribution in [1.82, 2.24) is 9.47 Å². The van der Waals surface area contributed by atoms with Crippen LogP contribution in [0.2, 0.25) is 0 Å². The lowest BCUT2D eigenvalue weighted by Crippen LogP contribution is -2.32. The minimum Gasteiger partial charge on any atom is -0.342 e. The number of fused-ring (bicyclic) bond motifs is 1. The van der Waals surface area contributed by atoms with Gasteiger partial charge in [-0.3, -0.25) is 9.69 Å². The summed E-state index contributed by atoms with van der Waals surface area (Å²) in [5, 5.41) is 1.80. The van der Waals surface area contributed by atoms with Gasteiger partial charge in [0.05, 0.1) is 16.6 Å². The fourth-order valence-corrected chi connectivity index (χ4v) is 6.17. The molecule has 0 aliphatic carbocycles. The maximum Gasteiger partial charge on any atom is 0.267 e. The molecule has 1 aromatic heterocycles. The lowest BCUT2D eigenvalue weighted by Gasteiger charge is -2.24. The van der Waals surface area contributed by atoms with Gasteiger partial charge in [0.25, 0.3) is 5.91 Å². The van der Waals surface area contributed by atoms with E-state index in [1.165, 1.54) is 17.3 Å². The third kappa shape index (κ3) is 5.35. The first-order chi connectivity index (χ1) is 19.1. The zero-order chi connectivity index (χ0) is 26.8. The summed E-state index contributed by atoms with van der Waals surface area (Å²) >= 11 is 4.96. The average Bonchev–Trinajstić information content (AvgIpc) is 3.47. The number of nitrogens with zero attached hydrogens (tertiary/aromatic N) is 3. The number of carbonyl (C=O) groups is 1. The number of carbonyl (C=O) groups excluding carboxylic acids is 1. The van der Waals surface area contributed by atoms with E-state index >= 15 is 0 Å². The molecule has 0 N–H and O–H groups in total. The summed E-state index contributed by atoms with van der Waals surface area (Å²) in [5.74, 6) is -0.0317. The van der Waals surface area contributed by atoms with Crippen LogP contribution in [0.4, 0.5) is 5.69 Å². The number of hydrogen-bond acceptors (Lipinski definition) is 3. The number of amides is 1. The molecule has 4 aromatic carbocycles. The number of hydrogen-bond donors (Lipinski definition) is 0. The van der Waals surface area contributed by atoms with Crippen molar-refractivity contribution in [1.29, 1.82) is 0 Å². The average molecular weight is 593 g/mol. The highest BCUT2D eigenvalue weighted by Crippen LogP contribution is 2.40. The molecule has 0 radical (unpaired) electrons. The molecule has 1 amide bonds. The van der Waals surface area contributed by atoms with Gasteiger partial charge in [-0.2, -0.15) is 0 Å². The van der Waals surface area contributed by atoms with E-state index < -0.39 is 0 Å². The van der Waals surface area contributed by atoms with Crippen molar-refractivity contribution < 1.29 is 4.79 Å². The summed E-state index contributed by atoms with van der Waals surface area (Å²) in [6, 6.07) is 36.5. The molecule has 1 fully saturated rings. The highest BCUT2D eigenvalue weighted by molar-refractivity contribution is 9.10. The molecular formula is C33H26BrN3OS. The van der Waals surface area contributed by atoms with E-state index in [0.717, 1.165) is 38.7 Å². The molecular weight excluding hydrogens is 566 g/mol. The minimum absolute atomic E-state index is 0.0317. The Morgan fingerprint density at radius 3 is 2.28 bits per heavy atom. The van der Waals surface area contributed by atoms with Gasteiger partial charge in [-0.1, -0.05) is 94.8 Å². The first-order valence-electron chi connectivity index (χ1n) is 12.8. The second-order valence-electron chi connectivity index (χ2n) is 9.46. The molecule has 6 heteroatoms. The number of benzene rings is 4. The van der Waals surface area contributed by atoms with Crippen molar-refractivity contribution in [2.24, 2.45) is 4.99 Å². The van der Waals surface area contributed by atoms with Gasteiger partial charge in [-0.15, -0.1) is 0 Å². The van der Waals surface area contributed by atoms with Crippen molar-refractivity contribution in [2.45, 2.75) is 19.5 Å². The summed E-state index contributed by atoms with van der Waals surface area (Å²) < 4.78 is 3.31. The van der Waals surface area contributed by atoms with Gasteiger partial charge in [0.2, 0.25) is 0 Å². The lowest BCUT2D eigenvalue weighted by molar-refractivity contribution is -0.123. The van der Waals surface area contributed by atoms with Crippen LogP contribution in [-0.4, -0.2) is 20.5 Å². The summed E-state index contributed by atoms with van der Waals surface area (Å²) in [7, 11) is 0. The van der Waals surface area contributed by atoms with Crippen molar-refractivity contribution >= 4 is 61.4 Å². The Morgan fingerprint density at radius 2 is 1.54 bits per heavy atom. The first kappa shape index (κ1) is 25.4. The third-order valence-electron chi connectivity index (χ3n) is 6.86. The van der Waals surface area contributed by atoms with Crippen LogP contribution in [0.1, 0.15) is 29.7 Å². The number of rotatable bonds is 6. The molecule has 0 saturated carbocycles. The third-order valence-corrected chi connectivity index (χ3v) is 8.37. The summed E-state index contributed by atoms with van der Waals surface area (Å²) in [4.78, 5) is 21.3. The van der Waals surface area contributed by atoms with E-state index in [1.54, 1.807) is 0 Å². The van der Waals surface area contributed by atoms with Crippen LogP contribution in [0.25, 0.3) is 17.0 Å². The molecule has 0 unspecified atom stereocenters. The summed E-state index contributed by atoms with van der Waals surface area (Å²) in [5.41, 5.74) is 5.26. The molecule has 1 saturated heterocycles. The fraction of sp³-hybridized carbons (Fsp3) is 0.0909. The van der Waals surface area contributed by atoms with E-state index in [2.05, 4.69) is 88.2 Å². The van der Waals surface area contributed by atoms with E-state index in [-0.39, 0.29) is 11.9 Å². The van der Waals surface area contributed by atoms with E-state index in [1.807, 2.05) is 65.6 Å². The predicted octanol–water partition coefficient (Wildman–Crippen LogP) is 8.82. The van der Waals surface area contributed by atoms with Crippen molar-refractivity contribution in [3.05, 3.63) is 141 Å². The van der Waals surface area contributed by atoms with Crippen molar-refractivity contribution in [2.75, 3.05) is 0 Å².